The Labute approximate surface area is 186 Å². The number of hydrogen-bond donors (Lipinski definition) is 1. The number of nitrogens with zero attached hydrogens (tertiary/aromatic N) is 1. The molecule has 0 aromatic heterocycles. The third-order valence-electron chi connectivity index (χ3n) is 4.87. The van der Waals surface area contributed by atoms with Crippen LogP contribution < -0.4 is 10.1 Å². The van der Waals surface area contributed by atoms with E-state index < -0.39 is 21.7 Å². The molecule has 1 heterocycles. The summed E-state index contributed by atoms with van der Waals surface area (Å²) in [7, 11) is -2.55. The molecule has 3 rings (SSSR count). The molecule has 1 aliphatic heterocycles. The first-order chi connectivity index (χ1) is 14.6. The lowest BCUT2D eigenvalue weighted by Gasteiger charge is -2.34. The molecule has 0 bridgehead atoms. The van der Waals surface area contributed by atoms with Crippen molar-refractivity contribution in [1.82, 2.24) is 9.62 Å². The summed E-state index contributed by atoms with van der Waals surface area (Å²) in [4.78, 5) is 12.5. The number of hydrogen-bond acceptors (Lipinski definition) is 5. The Balaban J connectivity index is 1.78. The zero-order valence-corrected chi connectivity index (χ0v) is 19.0. The Hall–Kier alpha value is -2.20. The van der Waals surface area contributed by atoms with Crippen LogP contribution in [-0.2, 0) is 21.3 Å². The summed E-state index contributed by atoms with van der Waals surface area (Å²) in [6.45, 7) is 4.05. The van der Waals surface area contributed by atoms with Crippen LogP contribution in [0.4, 0.5) is 4.39 Å². The van der Waals surface area contributed by atoms with Gasteiger partial charge in [0.25, 0.3) is 5.91 Å². The van der Waals surface area contributed by atoms with E-state index in [9.17, 15) is 17.6 Å². The molecule has 31 heavy (non-hydrogen) atoms. The number of ether oxygens (including phenoxy) is 2. The molecule has 2 atom stereocenters. The second-order valence-electron chi connectivity index (χ2n) is 7.38. The number of methoxy groups -OCH3 is 1. The van der Waals surface area contributed by atoms with Gasteiger partial charge in [-0.05, 0) is 49.7 Å². The Bertz CT molecular complexity index is 1070. The number of amides is 1. The molecule has 10 heteroatoms. The largest absolute Gasteiger partial charge is 0.494 e. The highest BCUT2D eigenvalue weighted by molar-refractivity contribution is 7.89. The number of morpholine rings is 1. The highest BCUT2D eigenvalue weighted by Gasteiger charge is 2.33. The number of carbonyl (C=O) groups excluding carboxylic acids is 1. The predicted octanol–water partition coefficient (Wildman–Crippen LogP) is 3.22. The summed E-state index contributed by atoms with van der Waals surface area (Å²) in [5, 5.41) is 2.68. The van der Waals surface area contributed by atoms with Gasteiger partial charge in [0, 0.05) is 25.2 Å². The zero-order valence-electron chi connectivity index (χ0n) is 17.4. The van der Waals surface area contributed by atoms with Crippen LogP contribution in [0.25, 0.3) is 0 Å². The average Bonchev–Trinajstić information content (AvgIpc) is 2.71. The second kappa shape index (κ2) is 9.52. The molecule has 2 aromatic rings. The summed E-state index contributed by atoms with van der Waals surface area (Å²) in [5.74, 6) is -0.939. The summed E-state index contributed by atoms with van der Waals surface area (Å²) in [6.07, 6.45) is -0.512. The first-order valence-electron chi connectivity index (χ1n) is 9.67. The van der Waals surface area contributed by atoms with E-state index in [1.54, 1.807) is 19.9 Å². The molecular weight excluding hydrogens is 447 g/mol. The first kappa shape index (κ1) is 23.5. The van der Waals surface area contributed by atoms with Crippen LogP contribution in [0, 0.1) is 5.82 Å². The Kier molecular flexibility index (Phi) is 7.20. The fraction of sp³-hybridized carbons (Fsp3) is 0.381. The molecule has 1 amide bonds. The van der Waals surface area contributed by atoms with E-state index in [-0.39, 0.29) is 53.1 Å². The van der Waals surface area contributed by atoms with Crippen LogP contribution in [-0.4, -0.2) is 51.0 Å². The van der Waals surface area contributed by atoms with Gasteiger partial charge in [-0.25, -0.2) is 12.8 Å². The first-order valence-corrected chi connectivity index (χ1v) is 11.5. The molecule has 1 N–H and O–H groups in total. The Morgan fingerprint density at radius 2 is 1.90 bits per heavy atom. The number of rotatable bonds is 6. The third kappa shape index (κ3) is 5.35. The monoisotopic (exact) mass is 470 g/mol. The quantitative estimate of drug-likeness (QED) is 0.700. The van der Waals surface area contributed by atoms with Gasteiger partial charge in [0.2, 0.25) is 10.0 Å². The molecule has 0 spiro atoms. The van der Waals surface area contributed by atoms with Crippen molar-refractivity contribution in [2.75, 3.05) is 20.2 Å². The maximum Gasteiger partial charge on any atom is 0.251 e. The topological polar surface area (TPSA) is 84.9 Å². The van der Waals surface area contributed by atoms with Crippen molar-refractivity contribution in [3.8, 4) is 5.75 Å². The van der Waals surface area contributed by atoms with Gasteiger partial charge in [0.1, 0.15) is 4.90 Å². The summed E-state index contributed by atoms with van der Waals surface area (Å²) in [6, 6.07) is 8.43. The van der Waals surface area contributed by atoms with Gasteiger partial charge in [0.05, 0.1) is 24.3 Å². The SMILES string of the molecule is COc1ccc(CNC(=O)c2ccc(Cl)c(S(=O)(=O)N3CC(C)OC(C)C3)c2)cc1F. The van der Waals surface area contributed by atoms with Crippen LogP contribution >= 0.6 is 11.6 Å². The van der Waals surface area contributed by atoms with Crippen molar-refractivity contribution < 1.29 is 27.1 Å². The van der Waals surface area contributed by atoms with Crippen molar-refractivity contribution in [3.63, 3.8) is 0 Å². The maximum atomic E-state index is 13.8. The van der Waals surface area contributed by atoms with Crippen molar-refractivity contribution in [1.29, 1.82) is 0 Å². The Morgan fingerprint density at radius 3 is 2.52 bits per heavy atom. The summed E-state index contributed by atoms with van der Waals surface area (Å²) < 4.78 is 51.9. The van der Waals surface area contributed by atoms with Crippen LogP contribution in [0.15, 0.2) is 41.3 Å². The van der Waals surface area contributed by atoms with Gasteiger partial charge >= 0.3 is 0 Å². The molecule has 1 aliphatic rings. The lowest BCUT2D eigenvalue weighted by molar-refractivity contribution is -0.0440. The second-order valence-corrected chi connectivity index (χ2v) is 9.69. The molecule has 0 saturated carbocycles. The van der Waals surface area contributed by atoms with E-state index in [2.05, 4.69) is 5.32 Å². The molecule has 1 fully saturated rings. The maximum absolute atomic E-state index is 13.8. The van der Waals surface area contributed by atoms with Gasteiger partial charge in [-0.1, -0.05) is 17.7 Å². The predicted molar refractivity (Wildman–Crippen MR) is 114 cm³/mol. The van der Waals surface area contributed by atoms with E-state index in [0.29, 0.717) is 5.56 Å². The van der Waals surface area contributed by atoms with E-state index in [4.69, 9.17) is 21.1 Å². The fourth-order valence-corrected chi connectivity index (χ4v) is 5.50. The molecule has 7 nitrogen and oxygen atoms in total. The van der Waals surface area contributed by atoms with Gasteiger partial charge in [-0.15, -0.1) is 0 Å². The molecule has 2 unspecified atom stereocenters. The minimum absolute atomic E-state index is 0.0283. The van der Waals surface area contributed by atoms with Gasteiger partial charge in [-0.2, -0.15) is 4.31 Å². The fourth-order valence-electron chi connectivity index (χ4n) is 3.41. The Morgan fingerprint density at radius 1 is 1.23 bits per heavy atom. The number of nitrogens with one attached hydrogen (secondary N) is 1. The summed E-state index contributed by atoms with van der Waals surface area (Å²) in [5.41, 5.74) is 0.663. The number of halogens is 2. The average molecular weight is 471 g/mol. The van der Waals surface area contributed by atoms with E-state index >= 15 is 0 Å². The lowest BCUT2D eigenvalue weighted by Crippen LogP contribution is -2.48. The normalized spacial score (nSPS) is 19.8. The molecular formula is C21H24ClFN2O5S. The van der Waals surface area contributed by atoms with Gasteiger partial charge < -0.3 is 14.8 Å². The smallest absolute Gasteiger partial charge is 0.251 e. The molecule has 0 radical (unpaired) electrons. The highest BCUT2D eigenvalue weighted by Crippen LogP contribution is 2.28. The van der Waals surface area contributed by atoms with Crippen LogP contribution in [0.2, 0.25) is 5.02 Å². The van der Waals surface area contributed by atoms with E-state index in [0.717, 1.165) is 0 Å². The van der Waals surface area contributed by atoms with Crippen LogP contribution in [0.3, 0.4) is 0 Å². The van der Waals surface area contributed by atoms with Gasteiger partial charge in [0.15, 0.2) is 11.6 Å². The van der Waals surface area contributed by atoms with E-state index in [1.807, 2.05) is 0 Å². The molecule has 168 valence electrons. The van der Waals surface area contributed by atoms with Crippen molar-refractivity contribution >= 4 is 27.5 Å². The zero-order chi connectivity index (χ0) is 22.8. The van der Waals surface area contributed by atoms with E-state index in [1.165, 1.54) is 41.7 Å². The van der Waals surface area contributed by atoms with Crippen molar-refractivity contribution in [2.24, 2.45) is 0 Å². The number of carbonyl (C=O) groups is 1. The molecule has 1 saturated heterocycles. The minimum Gasteiger partial charge on any atom is -0.494 e. The van der Waals surface area contributed by atoms with Crippen molar-refractivity contribution in [3.05, 3.63) is 58.4 Å². The number of benzene rings is 2. The third-order valence-corrected chi connectivity index (χ3v) is 7.18. The molecule has 0 aliphatic carbocycles. The minimum atomic E-state index is -3.92. The molecule has 2 aromatic carbocycles. The van der Waals surface area contributed by atoms with Gasteiger partial charge in [-0.3, -0.25) is 4.79 Å². The van der Waals surface area contributed by atoms with Crippen LogP contribution in [0.1, 0.15) is 29.8 Å². The van der Waals surface area contributed by atoms with Crippen LogP contribution in [0.5, 0.6) is 5.75 Å². The standard InChI is InChI=1S/C21H24ClFN2O5S/c1-13-11-25(12-14(2)30-13)31(27,28)20-9-16(5-6-17(20)22)21(26)24-10-15-4-7-19(29-3)18(23)8-15/h4-9,13-14H,10-12H2,1-3H3,(H,24,26). The summed E-state index contributed by atoms with van der Waals surface area (Å²) >= 11 is 6.17. The van der Waals surface area contributed by atoms with Crippen molar-refractivity contribution in [2.45, 2.75) is 37.5 Å². The number of sulfonamides is 1. The lowest BCUT2D eigenvalue weighted by atomic mass is 10.2. The highest BCUT2D eigenvalue weighted by atomic mass is 35.5.